The number of nitrogens with one attached hydrogen (secondary N) is 3. The molecule has 0 atom stereocenters. The number of rotatable bonds is 3. The highest BCUT2D eigenvalue weighted by atomic mass is 35.5. The molecule has 2 amide bonds. The maximum Gasteiger partial charge on any atom is 0.322 e. The van der Waals surface area contributed by atoms with Crippen molar-refractivity contribution in [3.63, 3.8) is 0 Å². The molecule has 100 valence electrons. The van der Waals surface area contributed by atoms with E-state index < -0.39 is 5.54 Å². The molecule has 0 fully saturated rings. The number of aromatic amines is 1. The van der Waals surface area contributed by atoms with Gasteiger partial charge in [-0.15, -0.1) is 0 Å². The Morgan fingerprint density at radius 2 is 2.11 bits per heavy atom. The Hall–Kier alpha value is -2.08. The van der Waals surface area contributed by atoms with Gasteiger partial charge in [-0.25, -0.2) is 9.89 Å². The first-order chi connectivity index (χ1) is 8.99. The van der Waals surface area contributed by atoms with Crippen LogP contribution in [0, 0.1) is 0 Å². The molecule has 0 saturated carbocycles. The Morgan fingerprint density at radius 3 is 2.74 bits per heavy atom. The molecule has 1 aromatic carbocycles. The van der Waals surface area contributed by atoms with E-state index in [0.717, 1.165) is 5.56 Å². The number of anilines is 1. The molecule has 0 aliphatic rings. The lowest BCUT2D eigenvalue weighted by Crippen LogP contribution is -2.43. The molecule has 0 saturated heterocycles. The van der Waals surface area contributed by atoms with Gasteiger partial charge in [-0.2, -0.15) is 10.1 Å². The highest BCUT2D eigenvalue weighted by Gasteiger charge is 2.25. The third-order valence-corrected chi connectivity index (χ3v) is 2.95. The fourth-order valence-electron chi connectivity index (χ4n) is 1.72. The minimum Gasteiger partial charge on any atom is -0.329 e. The predicted molar refractivity (Wildman–Crippen MR) is 73.0 cm³/mol. The van der Waals surface area contributed by atoms with Crippen molar-refractivity contribution in [3.05, 3.63) is 41.2 Å². The predicted octanol–water partition coefficient (Wildman–Crippen LogP) is 2.51. The SMILES string of the molecule is CC(C)(NC(=O)Nc1ncn[nH]1)c1ccccc1Cl. The van der Waals surface area contributed by atoms with Gasteiger partial charge < -0.3 is 5.32 Å². The van der Waals surface area contributed by atoms with Gasteiger partial charge in [0.1, 0.15) is 6.33 Å². The van der Waals surface area contributed by atoms with Crippen molar-refractivity contribution in [2.45, 2.75) is 19.4 Å². The number of halogens is 1. The number of hydrogen-bond donors (Lipinski definition) is 3. The topological polar surface area (TPSA) is 82.7 Å². The zero-order chi connectivity index (χ0) is 13.9. The first-order valence-electron chi connectivity index (χ1n) is 5.68. The number of aromatic nitrogens is 3. The van der Waals surface area contributed by atoms with Crippen molar-refractivity contribution in [1.82, 2.24) is 20.5 Å². The molecule has 1 aromatic heterocycles. The van der Waals surface area contributed by atoms with Crippen molar-refractivity contribution in [2.75, 3.05) is 5.32 Å². The van der Waals surface area contributed by atoms with Crippen LogP contribution in [0.3, 0.4) is 0 Å². The Kier molecular flexibility index (Phi) is 3.71. The highest BCUT2D eigenvalue weighted by Crippen LogP contribution is 2.27. The molecule has 0 unspecified atom stereocenters. The number of carbonyl (C=O) groups excluding carboxylic acids is 1. The van der Waals surface area contributed by atoms with E-state index in [1.54, 1.807) is 6.07 Å². The Balaban J connectivity index is 2.09. The molecule has 19 heavy (non-hydrogen) atoms. The van der Waals surface area contributed by atoms with Crippen LogP contribution in [-0.4, -0.2) is 21.2 Å². The first kappa shape index (κ1) is 13.4. The molecule has 0 spiro atoms. The summed E-state index contributed by atoms with van der Waals surface area (Å²) in [5.74, 6) is 0.285. The largest absolute Gasteiger partial charge is 0.329 e. The van der Waals surface area contributed by atoms with E-state index in [0.29, 0.717) is 5.02 Å². The fourth-order valence-corrected chi connectivity index (χ4v) is 2.10. The molecule has 0 bridgehead atoms. The summed E-state index contributed by atoms with van der Waals surface area (Å²) in [6.07, 6.45) is 1.31. The summed E-state index contributed by atoms with van der Waals surface area (Å²) in [7, 11) is 0. The van der Waals surface area contributed by atoms with Crippen LogP contribution in [-0.2, 0) is 5.54 Å². The average molecular weight is 280 g/mol. The maximum absolute atomic E-state index is 11.9. The number of hydrogen-bond acceptors (Lipinski definition) is 3. The quantitative estimate of drug-likeness (QED) is 0.807. The smallest absolute Gasteiger partial charge is 0.322 e. The van der Waals surface area contributed by atoms with E-state index in [1.807, 2.05) is 32.0 Å². The van der Waals surface area contributed by atoms with Crippen LogP contribution in [0.1, 0.15) is 19.4 Å². The Morgan fingerprint density at radius 1 is 1.37 bits per heavy atom. The summed E-state index contributed by atoms with van der Waals surface area (Å²) in [4.78, 5) is 15.7. The second-order valence-electron chi connectivity index (χ2n) is 4.52. The van der Waals surface area contributed by atoms with Crippen molar-refractivity contribution in [3.8, 4) is 0 Å². The molecule has 0 radical (unpaired) electrons. The molecule has 0 aliphatic heterocycles. The second kappa shape index (κ2) is 5.27. The van der Waals surface area contributed by atoms with Crippen LogP contribution in [0.5, 0.6) is 0 Å². The van der Waals surface area contributed by atoms with Gasteiger partial charge in [0.05, 0.1) is 5.54 Å². The van der Waals surface area contributed by atoms with Gasteiger partial charge >= 0.3 is 6.03 Å². The van der Waals surface area contributed by atoms with Crippen LogP contribution in [0.4, 0.5) is 10.7 Å². The van der Waals surface area contributed by atoms with E-state index in [2.05, 4.69) is 25.8 Å². The molecule has 1 heterocycles. The molecule has 6 nitrogen and oxygen atoms in total. The molecule has 0 aliphatic carbocycles. The van der Waals surface area contributed by atoms with E-state index >= 15 is 0 Å². The maximum atomic E-state index is 11.9. The van der Waals surface area contributed by atoms with Crippen LogP contribution in [0.15, 0.2) is 30.6 Å². The lowest BCUT2D eigenvalue weighted by atomic mass is 9.94. The van der Waals surface area contributed by atoms with Gasteiger partial charge in [0.2, 0.25) is 5.95 Å². The van der Waals surface area contributed by atoms with Crippen LogP contribution >= 0.6 is 11.6 Å². The van der Waals surface area contributed by atoms with Crippen molar-refractivity contribution in [2.24, 2.45) is 0 Å². The molecule has 3 N–H and O–H groups in total. The second-order valence-corrected chi connectivity index (χ2v) is 4.93. The van der Waals surface area contributed by atoms with Gasteiger partial charge in [-0.1, -0.05) is 29.8 Å². The van der Waals surface area contributed by atoms with Crippen molar-refractivity contribution < 1.29 is 4.79 Å². The van der Waals surface area contributed by atoms with Gasteiger partial charge in [0.25, 0.3) is 0 Å². The highest BCUT2D eigenvalue weighted by molar-refractivity contribution is 6.31. The Labute approximate surface area is 115 Å². The molecular weight excluding hydrogens is 266 g/mol. The van der Waals surface area contributed by atoms with Gasteiger partial charge in [0, 0.05) is 5.02 Å². The zero-order valence-electron chi connectivity index (χ0n) is 10.6. The Bertz CT molecular complexity index is 567. The number of amides is 2. The standard InChI is InChI=1S/C12H14ClN5O/c1-12(2,8-5-3-4-6-9(8)13)17-11(19)16-10-14-7-15-18-10/h3-7H,1-2H3,(H3,14,15,16,17,18,19). The van der Waals surface area contributed by atoms with Crippen LogP contribution in [0.25, 0.3) is 0 Å². The molecular formula is C12H14ClN5O. The summed E-state index contributed by atoms with van der Waals surface area (Å²) in [6, 6.07) is 6.99. The average Bonchev–Trinajstić information content (AvgIpc) is 2.81. The lowest BCUT2D eigenvalue weighted by molar-refractivity contribution is 0.241. The minimum atomic E-state index is -0.609. The summed E-state index contributed by atoms with van der Waals surface area (Å²) >= 11 is 6.13. The number of benzene rings is 1. The molecule has 2 aromatic rings. The number of urea groups is 1. The zero-order valence-corrected chi connectivity index (χ0v) is 11.3. The summed E-state index contributed by atoms with van der Waals surface area (Å²) in [6.45, 7) is 3.74. The number of carbonyl (C=O) groups is 1. The van der Waals surface area contributed by atoms with E-state index in [9.17, 15) is 4.79 Å². The third-order valence-electron chi connectivity index (χ3n) is 2.62. The van der Waals surface area contributed by atoms with Crippen molar-refractivity contribution in [1.29, 1.82) is 0 Å². The first-order valence-corrected chi connectivity index (χ1v) is 6.06. The normalized spacial score (nSPS) is 11.1. The molecule has 2 rings (SSSR count). The summed E-state index contributed by atoms with van der Waals surface area (Å²) in [5, 5.41) is 12.2. The minimum absolute atomic E-state index is 0.285. The van der Waals surface area contributed by atoms with Crippen LogP contribution in [0.2, 0.25) is 5.02 Å². The monoisotopic (exact) mass is 279 g/mol. The molecule has 7 heteroatoms. The third kappa shape index (κ3) is 3.23. The number of H-pyrrole nitrogens is 1. The van der Waals surface area contributed by atoms with E-state index in [-0.39, 0.29) is 12.0 Å². The van der Waals surface area contributed by atoms with Crippen LogP contribution < -0.4 is 10.6 Å². The van der Waals surface area contributed by atoms with E-state index in [1.165, 1.54) is 6.33 Å². The van der Waals surface area contributed by atoms with Gasteiger partial charge in [0.15, 0.2) is 0 Å². The fraction of sp³-hybridized carbons (Fsp3) is 0.250. The van der Waals surface area contributed by atoms with E-state index in [4.69, 9.17) is 11.6 Å². The van der Waals surface area contributed by atoms with Gasteiger partial charge in [-0.05, 0) is 25.5 Å². The lowest BCUT2D eigenvalue weighted by Gasteiger charge is -2.27. The number of nitrogens with zero attached hydrogens (tertiary/aromatic N) is 2. The summed E-state index contributed by atoms with van der Waals surface area (Å²) < 4.78 is 0. The van der Waals surface area contributed by atoms with Crippen molar-refractivity contribution >= 4 is 23.6 Å². The summed E-state index contributed by atoms with van der Waals surface area (Å²) in [5.41, 5.74) is 0.229. The van der Waals surface area contributed by atoms with Gasteiger partial charge in [-0.3, -0.25) is 5.32 Å².